The SMILES string of the molecule is N[C@H](CNc1ncc(-c2cc(OC(=O)C(F)(F)F)c3c(c2)N(OC(=O)C(F)(F)F)C(=O)/C3=C/c2cnc[nH]2)s1)Cc1c[nH]c2ccccc12. The predicted octanol–water partition coefficient (Wildman–Crippen LogP) is 5.37. The lowest BCUT2D eigenvalue weighted by molar-refractivity contribution is -0.201. The van der Waals surface area contributed by atoms with Crippen LogP contribution >= 0.6 is 11.3 Å². The molecule has 12 nitrogen and oxygen atoms in total. The lowest BCUT2D eigenvalue weighted by atomic mass is 10.0. The Labute approximate surface area is 274 Å². The van der Waals surface area contributed by atoms with Gasteiger partial charge in [0, 0.05) is 35.9 Å². The van der Waals surface area contributed by atoms with Gasteiger partial charge in [0.15, 0.2) is 5.13 Å². The number of nitrogens with zero attached hydrogens (tertiary/aromatic N) is 3. The number of para-hydroxylation sites is 1. The van der Waals surface area contributed by atoms with Crippen molar-refractivity contribution in [1.82, 2.24) is 19.9 Å². The number of carbonyl (C=O) groups excluding carboxylic acids is 3. The maximum absolute atomic E-state index is 13.4. The molecule has 6 rings (SSSR count). The van der Waals surface area contributed by atoms with E-state index in [1.807, 2.05) is 30.5 Å². The molecule has 0 saturated carbocycles. The molecular weight excluding hydrogens is 684 g/mol. The largest absolute Gasteiger partial charge is 0.493 e. The predicted molar refractivity (Wildman–Crippen MR) is 164 cm³/mol. The normalized spacial score (nSPS) is 14.7. The molecule has 2 aromatic carbocycles. The second kappa shape index (κ2) is 12.7. The Morgan fingerprint density at radius 1 is 1.06 bits per heavy atom. The van der Waals surface area contributed by atoms with Crippen molar-refractivity contribution in [2.24, 2.45) is 5.73 Å². The number of alkyl halides is 6. The number of thiazole rings is 1. The van der Waals surface area contributed by atoms with E-state index >= 15 is 0 Å². The quantitative estimate of drug-likeness (QED) is 0.0682. The molecule has 1 aliphatic rings. The van der Waals surface area contributed by atoms with Crippen LogP contribution in [0.2, 0.25) is 0 Å². The van der Waals surface area contributed by atoms with Gasteiger partial charge in [0.2, 0.25) is 0 Å². The molecule has 5 N–H and O–H groups in total. The number of aromatic nitrogens is 4. The zero-order valence-electron chi connectivity index (χ0n) is 24.5. The molecule has 254 valence electrons. The van der Waals surface area contributed by atoms with Crippen molar-refractivity contribution in [3.8, 4) is 16.2 Å². The van der Waals surface area contributed by atoms with E-state index < -0.39 is 52.8 Å². The minimum atomic E-state index is -5.55. The highest BCUT2D eigenvalue weighted by molar-refractivity contribution is 7.18. The molecule has 0 saturated heterocycles. The number of fused-ring (bicyclic) bond motifs is 2. The van der Waals surface area contributed by atoms with Crippen LogP contribution in [0.3, 0.4) is 0 Å². The topological polar surface area (TPSA) is 168 Å². The van der Waals surface area contributed by atoms with Crippen LogP contribution in [0.15, 0.2) is 61.3 Å². The summed E-state index contributed by atoms with van der Waals surface area (Å²) in [6, 6.07) is 9.38. The number of carbonyl (C=O) groups is 3. The molecule has 19 heteroatoms. The number of anilines is 2. The van der Waals surface area contributed by atoms with E-state index in [0.717, 1.165) is 46.0 Å². The first-order valence-electron chi connectivity index (χ1n) is 14.0. The van der Waals surface area contributed by atoms with E-state index in [-0.39, 0.29) is 33.8 Å². The first kappa shape index (κ1) is 33.2. The number of nitrogens with two attached hydrogens (primary N) is 1. The van der Waals surface area contributed by atoms with Crippen LogP contribution in [0.25, 0.3) is 33.0 Å². The van der Waals surface area contributed by atoms with Gasteiger partial charge in [-0.1, -0.05) is 29.5 Å². The van der Waals surface area contributed by atoms with Crippen LogP contribution in [0.4, 0.5) is 37.2 Å². The lowest BCUT2D eigenvalue weighted by Crippen LogP contribution is -2.36. The number of H-pyrrole nitrogens is 2. The third-order valence-corrected chi connectivity index (χ3v) is 8.11. The van der Waals surface area contributed by atoms with Crippen molar-refractivity contribution in [3.63, 3.8) is 0 Å². The molecule has 5 aromatic rings. The van der Waals surface area contributed by atoms with Crippen LogP contribution < -0.4 is 20.9 Å². The molecule has 4 heterocycles. The number of esters is 1. The Hall–Kier alpha value is -5.69. The van der Waals surface area contributed by atoms with E-state index in [9.17, 15) is 40.7 Å². The molecule has 1 amide bonds. The Balaban J connectivity index is 1.34. The number of halogens is 6. The summed E-state index contributed by atoms with van der Waals surface area (Å²) in [6.07, 6.45) is -3.98. The third-order valence-electron chi connectivity index (χ3n) is 7.11. The van der Waals surface area contributed by atoms with Gasteiger partial charge in [-0.3, -0.25) is 4.79 Å². The zero-order chi connectivity index (χ0) is 35.1. The molecule has 3 aromatic heterocycles. The Bertz CT molecular complexity index is 2090. The van der Waals surface area contributed by atoms with Crippen molar-refractivity contribution in [2.75, 3.05) is 16.9 Å². The Morgan fingerprint density at radius 3 is 2.53 bits per heavy atom. The monoisotopic (exact) mass is 705 g/mol. The fourth-order valence-electron chi connectivity index (χ4n) is 4.96. The van der Waals surface area contributed by atoms with Crippen LogP contribution in [-0.4, -0.2) is 62.7 Å². The third kappa shape index (κ3) is 6.97. The summed E-state index contributed by atoms with van der Waals surface area (Å²) in [4.78, 5) is 55.5. The van der Waals surface area contributed by atoms with Gasteiger partial charge in [-0.25, -0.2) is 19.6 Å². The molecule has 0 radical (unpaired) electrons. The van der Waals surface area contributed by atoms with Gasteiger partial charge in [0.05, 0.1) is 39.9 Å². The van der Waals surface area contributed by atoms with E-state index in [4.69, 9.17) is 5.73 Å². The first-order valence-corrected chi connectivity index (χ1v) is 14.8. The number of ether oxygens (including phenoxy) is 1. The second-order valence-electron chi connectivity index (χ2n) is 10.5. The van der Waals surface area contributed by atoms with Crippen LogP contribution in [0.1, 0.15) is 16.8 Å². The van der Waals surface area contributed by atoms with Gasteiger partial charge < -0.3 is 30.6 Å². The highest BCUT2D eigenvalue weighted by Gasteiger charge is 2.48. The zero-order valence-corrected chi connectivity index (χ0v) is 25.3. The highest BCUT2D eigenvalue weighted by Crippen LogP contribution is 2.48. The van der Waals surface area contributed by atoms with Gasteiger partial charge in [-0.15, -0.1) is 5.06 Å². The highest BCUT2D eigenvalue weighted by atomic mass is 32.1. The molecule has 0 aliphatic carbocycles. The number of imidazole rings is 1. The Kier molecular flexibility index (Phi) is 8.63. The number of aromatic amines is 2. The lowest BCUT2D eigenvalue weighted by Gasteiger charge is -2.18. The summed E-state index contributed by atoms with van der Waals surface area (Å²) in [5, 5.41) is 4.36. The van der Waals surface area contributed by atoms with Crippen LogP contribution in [0.5, 0.6) is 5.75 Å². The van der Waals surface area contributed by atoms with E-state index in [1.165, 1.54) is 18.7 Å². The van der Waals surface area contributed by atoms with E-state index in [0.29, 0.717) is 11.6 Å². The second-order valence-corrected chi connectivity index (χ2v) is 11.6. The molecule has 0 fully saturated rings. The molecule has 1 aliphatic heterocycles. The average Bonchev–Trinajstić information content (AvgIpc) is 3.85. The van der Waals surface area contributed by atoms with E-state index in [2.05, 4.69) is 34.8 Å². The van der Waals surface area contributed by atoms with Gasteiger partial charge in [0.25, 0.3) is 5.91 Å². The molecule has 0 bridgehead atoms. The van der Waals surface area contributed by atoms with Gasteiger partial charge in [-0.05, 0) is 41.8 Å². The summed E-state index contributed by atoms with van der Waals surface area (Å²) < 4.78 is 84.1. The summed E-state index contributed by atoms with van der Waals surface area (Å²) in [5.74, 6) is -7.70. The first-order chi connectivity index (χ1) is 23.2. The minimum Gasteiger partial charge on any atom is -0.419 e. The average molecular weight is 706 g/mol. The molecule has 0 unspecified atom stereocenters. The fourth-order valence-corrected chi connectivity index (χ4v) is 5.77. The number of amides is 1. The van der Waals surface area contributed by atoms with Gasteiger partial charge in [-0.2, -0.15) is 26.3 Å². The van der Waals surface area contributed by atoms with Crippen molar-refractivity contribution in [3.05, 3.63) is 78.1 Å². The van der Waals surface area contributed by atoms with Gasteiger partial charge >= 0.3 is 24.3 Å². The summed E-state index contributed by atoms with van der Waals surface area (Å²) in [6.45, 7) is 0.253. The smallest absolute Gasteiger partial charge is 0.419 e. The molecule has 0 spiro atoms. The van der Waals surface area contributed by atoms with Crippen LogP contribution in [-0.2, 0) is 25.6 Å². The Morgan fingerprint density at radius 2 is 1.82 bits per heavy atom. The number of hydrogen-bond acceptors (Lipinski definition) is 10. The van der Waals surface area contributed by atoms with Crippen molar-refractivity contribution in [2.45, 2.75) is 24.8 Å². The number of rotatable bonds is 9. The molecular formula is C30H21F6N7O5S. The maximum Gasteiger partial charge on any atom is 0.493 e. The van der Waals surface area contributed by atoms with Crippen molar-refractivity contribution >= 4 is 62.6 Å². The van der Waals surface area contributed by atoms with Gasteiger partial charge in [0.1, 0.15) is 5.75 Å². The minimum absolute atomic E-state index is 0.0360. The van der Waals surface area contributed by atoms with Crippen molar-refractivity contribution in [1.29, 1.82) is 0 Å². The number of hydroxylamine groups is 1. The van der Waals surface area contributed by atoms with E-state index in [1.54, 1.807) is 0 Å². The fraction of sp³-hybridized carbons (Fsp3) is 0.167. The summed E-state index contributed by atoms with van der Waals surface area (Å²) in [5.41, 5.74) is 6.60. The summed E-state index contributed by atoms with van der Waals surface area (Å²) >= 11 is 0.976. The van der Waals surface area contributed by atoms with Crippen molar-refractivity contribution < 1.29 is 50.3 Å². The summed E-state index contributed by atoms with van der Waals surface area (Å²) in [7, 11) is 0. The number of hydrogen-bond donors (Lipinski definition) is 4. The standard InChI is InChI=1S/C30H21F6N7O5S/c31-29(32,33)26(45)47-22-7-14(23-12-41-28(49-23)40-10-16(37)5-15-9-39-20-4-2-1-3-18(15)20)6-21-24(22)19(8-17-11-38-13-42-17)25(44)43(21)48-27(46)30(34,35)36/h1-4,6-9,11-13,16,39H,5,10,37H2,(H,38,42)(H,40,41)/b19-8+/t16-/m0/s1. The molecule has 1 atom stereocenters. The maximum atomic E-state index is 13.4. The van der Waals surface area contributed by atoms with Crippen LogP contribution in [0, 0.1) is 0 Å². The number of benzene rings is 2. The number of nitrogens with one attached hydrogen (secondary N) is 3. The molecule has 49 heavy (non-hydrogen) atoms.